The molecule has 1 unspecified atom stereocenters. The molecule has 5 heteroatoms. The van der Waals surface area contributed by atoms with Gasteiger partial charge in [0, 0.05) is 12.3 Å². The Labute approximate surface area is 136 Å². The molecule has 0 amide bonds. The molecule has 1 atom stereocenters. The van der Waals surface area contributed by atoms with Crippen molar-refractivity contribution in [2.45, 2.75) is 20.3 Å². The number of carbonyl (C=O) groups is 1. The maximum atomic E-state index is 12.1. The summed E-state index contributed by atoms with van der Waals surface area (Å²) in [4.78, 5) is 16.2. The minimum atomic E-state index is -0.462. The molecule has 0 bridgehead atoms. The van der Waals surface area contributed by atoms with E-state index >= 15 is 0 Å². The Morgan fingerprint density at radius 1 is 1.13 bits per heavy atom. The van der Waals surface area contributed by atoms with Gasteiger partial charge in [-0.05, 0) is 36.2 Å². The smallest absolute Gasteiger partial charge is 0.345 e. The van der Waals surface area contributed by atoms with E-state index in [0.29, 0.717) is 35.5 Å². The average Bonchev–Trinajstić information content (AvgIpc) is 2.60. The van der Waals surface area contributed by atoms with E-state index in [1.165, 1.54) is 6.20 Å². The molecule has 0 N–H and O–H groups in total. The van der Waals surface area contributed by atoms with Crippen molar-refractivity contribution in [3.63, 3.8) is 0 Å². The number of ether oxygens (including phenoxy) is 3. The second-order valence-electron chi connectivity index (χ2n) is 5.27. The SMILES string of the molecule is CCC(C)COc1ccc(C(=O)Oc2ccc(OC)cc2)cn1. The molecule has 2 aromatic rings. The number of benzene rings is 1. The van der Waals surface area contributed by atoms with Crippen LogP contribution in [0.15, 0.2) is 42.6 Å². The molecule has 0 fully saturated rings. The molecule has 0 aliphatic rings. The third kappa shape index (κ3) is 4.98. The van der Waals surface area contributed by atoms with Crippen molar-refractivity contribution in [2.24, 2.45) is 5.92 Å². The predicted molar refractivity (Wildman–Crippen MR) is 87.1 cm³/mol. The number of hydrogen-bond donors (Lipinski definition) is 0. The zero-order chi connectivity index (χ0) is 16.7. The van der Waals surface area contributed by atoms with Crippen LogP contribution in [0.5, 0.6) is 17.4 Å². The molecule has 1 heterocycles. The lowest BCUT2D eigenvalue weighted by molar-refractivity contribution is 0.0734. The molecule has 122 valence electrons. The van der Waals surface area contributed by atoms with Crippen molar-refractivity contribution in [3.8, 4) is 17.4 Å². The third-order valence-corrected chi connectivity index (χ3v) is 3.45. The van der Waals surface area contributed by atoms with Gasteiger partial charge in [-0.25, -0.2) is 9.78 Å². The van der Waals surface area contributed by atoms with Crippen LogP contribution in [-0.2, 0) is 0 Å². The van der Waals surface area contributed by atoms with Crippen LogP contribution in [0.4, 0.5) is 0 Å². The van der Waals surface area contributed by atoms with Crippen LogP contribution in [0, 0.1) is 5.92 Å². The maximum absolute atomic E-state index is 12.1. The van der Waals surface area contributed by atoms with Crippen LogP contribution in [0.1, 0.15) is 30.6 Å². The van der Waals surface area contributed by atoms with E-state index in [1.54, 1.807) is 43.5 Å². The van der Waals surface area contributed by atoms with Crippen LogP contribution >= 0.6 is 0 Å². The van der Waals surface area contributed by atoms with Gasteiger partial charge < -0.3 is 14.2 Å². The summed E-state index contributed by atoms with van der Waals surface area (Å²) in [6.45, 7) is 4.83. The molecule has 0 aliphatic carbocycles. The Hall–Kier alpha value is -2.56. The minimum Gasteiger partial charge on any atom is -0.497 e. The molecule has 0 radical (unpaired) electrons. The van der Waals surface area contributed by atoms with Crippen LogP contribution in [0.2, 0.25) is 0 Å². The summed E-state index contributed by atoms with van der Waals surface area (Å²) in [7, 11) is 1.58. The van der Waals surface area contributed by atoms with Gasteiger partial charge in [0.05, 0.1) is 19.3 Å². The second kappa shape index (κ2) is 8.17. The summed E-state index contributed by atoms with van der Waals surface area (Å²) in [5.74, 6) is 1.67. The number of nitrogens with zero attached hydrogens (tertiary/aromatic N) is 1. The summed E-state index contributed by atoms with van der Waals surface area (Å²) in [6, 6.07) is 10.1. The standard InChI is InChI=1S/C18H21NO4/c1-4-13(2)12-22-17-10-5-14(11-19-17)18(20)23-16-8-6-15(21-3)7-9-16/h5-11,13H,4,12H2,1-3H3. The lowest BCUT2D eigenvalue weighted by Gasteiger charge is -2.10. The van der Waals surface area contributed by atoms with E-state index < -0.39 is 5.97 Å². The van der Waals surface area contributed by atoms with Gasteiger partial charge in [0.1, 0.15) is 11.5 Å². The molecule has 0 spiro atoms. The molecular formula is C18H21NO4. The predicted octanol–water partition coefficient (Wildman–Crippen LogP) is 3.73. The highest BCUT2D eigenvalue weighted by Crippen LogP contribution is 2.18. The highest BCUT2D eigenvalue weighted by molar-refractivity contribution is 5.90. The van der Waals surface area contributed by atoms with Gasteiger partial charge in [0.15, 0.2) is 0 Å². The molecule has 0 saturated carbocycles. The Bertz CT molecular complexity index is 622. The van der Waals surface area contributed by atoms with Crippen LogP contribution in [0.3, 0.4) is 0 Å². The summed E-state index contributed by atoms with van der Waals surface area (Å²) in [5.41, 5.74) is 0.372. The topological polar surface area (TPSA) is 57.7 Å². The summed E-state index contributed by atoms with van der Waals surface area (Å²) < 4.78 is 15.9. The maximum Gasteiger partial charge on any atom is 0.345 e. The first kappa shape index (κ1) is 16.8. The molecule has 5 nitrogen and oxygen atoms in total. The van der Waals surface area contributed by atoms with E-state index in [4.69, 9.17) is 14.2 Å². The lowest BCUT2D eigenvalue weighted by Crippen LogP contribution is -2.10. The first-order valence-electron chi connectivity index (χ1n) is 7.57. The van der Waals surface area contributed by atoms with Crippen LogP contribution in [-0.4, -0.2) is 24.7 Å². The van der Waals surface area contributed by atoms with Crippen LogP contribution < -0.4 is 14.2 Å². The van der Waals surface area contributed by atoms with E-state index in [1.807, 2.05) is 0 Å². The van der Waals surface area contributed by atoms with Gasteiger partial charge >= 0.3 is 5.97 Å². The quantitative estimate of drug-likeness (QED) is 0.575. The number of carbonyl (C=O) groups excluding carboxylic acids is 1. The van der Waals surface area contributed by atoms with Gasteiger partial charge in [-0.3, -0.25) is 0 Å². The summed E-state index contributed by atoms with van der Waals surface area (Å²) in [5, 5.41) is 0. The van der Waals surface area contributed by atoms with Gasteiger partial charge in [-0.15, -0.1) is 0 Å². The van der Waals surface area contributed by atoms with Crippen molar-refractivity contribution < 1.29 is 19.0 Å². The fourth-order valence-corrected chi connectivity index (χ4v) is 1.74. The molecule has 2 rings (SSSR count). The van der Waals surface area contributed by atoms with Gasteiger partial charge in [0.25, 0.3) is 0 Å². The average molecular weight is 315 g/mol. The number of hydrogen-bond acceptors (Lipinski definition) is 5. The second-order valence-corrected chi connectivity index (χ2v) is 5.27. The van der Waals surface area contributed by atoms with Crippen molar-refractivity contribution in [1.29, 1.82) is 0 Å². The highest BCUT2D eigenvalue weighted by Gasteiger charge is 2.10. The number of esters is 1. The van der Waals surface area contributed by atoms with Crippen LogP contribution in [0.25, 0.3) is 0 Å². The van der Waals surface area contributed by atoms with Crippen molar-refractivity contribution in [2.75, 3.05) is 13.7 Å². The molecule has 23 heavy (non-hydrogen) atoms. The largest absolute Gasteiger partial charge is 0.497 e. The van der Waals surface area contributed by atoms with E-state index in [2.05, 4.69) is 18.8 Å². The zero-order valence-electron chi connectivity index (χ0n) is 13.6. The first-order valence-corrected chi connectivity index (χ1v) is 7.57. The fourth-order valence-electron chi connectivity index (χ4n) is 1.74. The van der Waals surface area contributed by atoms with E-state index in [0.717, 1.165) is 6.42 Å². The van der Waals surface area contributed by atoms with Crippen molar-refractivity contribution in [3.05, 3.63) is 48.2 Å². The monoisotopic (exact) mass is 315 g/mol. The number of aromatic nitrogens is 1. The third-order valence-electron chi connectivity index (χ3n) is 3.45. The lowest BCUT2D eigenvalue weighted by atomic mass is 10.1. The highest BCUT2D eigenvalue weighted by atomic mass is 16.5. The molecule has 1 aromatic carbocycles. The molecular weight excluding hydrogens is 294 g/mol. The Morgan fingerprint density at radius 3 is 2.39 bits per heavy atom. The first-order chi connectivity index (χ1) is 11.1. The summed E-state index contributed by atoms with van der Waals surface area (Å²) >= 11 is 0. The van der Waals surface area contributed by atoms with Crippen molar-refractivity contribution in [1.82, 2.24) is 4.98 Å². The van der Waals surface area contributed by atoms with Gasteiger partial charge in [-0.2, -0.15) is 0 Å². The molecule has 1 aromatic heterocycles. The minimum absolute atomic E-state index is 0.372. The van der Waals surface area contributed by atoms with Gasteiger partial charge in [-0.1, -0.05) is 20.3 Å². The Morgan fingerprint density at radius 2 is 1.83 bits per heavy atom. The molecule has 0 saturated heterocycles. The van der Waals surface area contributed by atoms with Crippen molar-refractivity contribution >= 4 is 5.97 Å². The van der Waals surface area contributed by atoms with E-state index in [9.17, 15) is 4.79 Å². The van der Waals surface area contributed by atoms with Gasteiger partial charge in [0.2, 0.25) is 5.88 Å². The zero-order valence-corrected chi connectivity index (χ0v) is 13.6. The Balaban J connectivity index is 1.94. The number of methoxy groups -OCH3 is 1. The number of rotatable bonds is 7. The fraction of sp³-hybridized carbons (Fsp3) is 0.333. The summed E-state index contributed by atoms with van der Waals surface area (Å²) in [6.07, 6.45) is 2.50. The normalized spacial score (nSPS) is 11.6. The molecule has 0 aliphatic heterocycles. The Kier molecular flexibility index (Phi) is 5.97. The van der Waals surface area contributed by atoms with E-state index in [-0.39, 0.29) is 0 Å². The number of pyridine rings is 1.